The molecule has 1 saturated heterocycles. The zero-order valence-corrected chi connectivity index (χ0v) is 10.0. The fourth-order valence-corrected chi connectivity index (χ4v) is 1.76. The third-order valence-electron chi connectivity index (χ3n) is 2.18. The number of benzene rings is 1. The van der Waals surface area contributed by atoms with Crippen molar-refractivity contribution in [2.75, 3.05) is 13.2 Å². The first-order chi connectivity index (χ1) is 7.16. The molecule has 1 aliphatic rings. The lowest BCUT2D eigenvalue weighted by Gasteiger charge is -2.26. The summed E-state index contributed by atoms with van der Waals surface area (Å²) in [6, 6.07) is 5.01. The van der Waals surface area contributed by atoms with Gasteiger partial charge in [-0.2, -0.15) is 0 Å². The minimum absolute atomic E-state index is 0.00755. The fraction of sp³-hybridized carbons (Fsp3) is 0.300. The van der Waals surface area contributed by atoms with Gasteiger partial charge in [0, 0.05) is 3.57 Å². The van der Waals surface area contributed by atoms with Crippen LogP contribution in [-0.2, 0) is 4.74 Å². The normalized spacial score (nSPS) is 15.8. The molecule has 0 aromatic heterocycles. The lowest BCUT2D eigenvalue weighted by molar-refractivity contribution is -0.00350. The van der Waals surface area contributed by atoms with Crippen LogP contribution in [0.1, 0.15) is 10.4 Å². The molecule has 1 fully saturated rings. The molecule has 0 saturated carbocycles. The molecule has 1 aliphatic heterocycles. The van der Waals surface area contributed by atoms with Gasteiger partial charge in [-0.05, 0) is 40.8 Å². The van der Waals surface area contributed by atoms with Crippen molar-refractivity contribution in [1.29, 1.82) is 0 Å². The molecule has 1 aromatic rings. The Hall–Kier alpha value is -0.820. The second kappa shape index (κ2) is 4.36. The largest absolute Gasteiger partial charge is 0.507 e. The minimum atomic E-state index is -0.251. The van der Waals surface area contributed by atoms with E-state index in [2.05, 4.69) is 27.9 Å². The summed E-state index contributed by atoms with van der Waals surface area (Å²) in [5, 5.41) is 12.3. The highest BCUT2D eigenvalue weighted by atomic mass is 127. The monoisotopic (exact) mass is 319 g/mol. The predicted octanol–water partition coefficient (Wildman–Crippen LogP) is 1.13. The second-order valence-electron chi connectivity index (χ2n) is 3.37. The number of halogens is 1. The second-order valence-corrected chi connectivity index (χ2v) is 4.61. The number of rotatable bonds is 2. The van der Waals surface area contributed by atoms with E-state index in [0.29, 0.717) is 18.8 Å². The van der Waals surface area contributed by atoms with Crippen LogP contribution < -0.4 is 5.32 Å². The summed E-state index contributed by atoms with van der Waals surface area (Å²) >= 11 is 2.10. The third-order valence-corrected chi connectivity index (χ3v) is 2.85. The van der Waals surface area contributed by atoms with Crippen molar-refractivity contribution in [1.82, 2.24) is 5.32 Å². The van der Waals surface area contributed by atoms with Gasteiger partial charge in [-0.3, -0.25) is 4.79 Å². The van der Waals surface area contributed by atoms with Crippen LogP contribution in [0.2, 0.25) is 0 Å². The topological polar surface area (TPSA) is 58.6 Å². The Labute approximate surface area is 101 Å². The van der Waals surface area contributed by atoms with Crippen LogP contribution in [0.15, 0.2) is 18.2 Å². The van der Waals surface area contributed by atoms with Gasteiger partial charge in [0.05, 0.1) is 24.8 Å². The summed E-state index contributed by atoms with van der Waals surface area (Å²) < 4.78 is 5.86. The van der Waals surface area contributed by atoms with Crippen LogP contribution in [0.3, 0.4) is 0 Å². The molecule has 0 radical (unpaired) electrons. The molecule has 1 aromatic carbocycles. The number of carbonyl (C=O) groups excluding carboxylic acids is 1. The van der Waals surface area contributed by atoms with Crippen LogP contribution in [-0.4, -0.2) is 30.3 Å². The smallest absolute Gasteiger partial charge is 0.255 e. The number of carbonyl (C=O) groups is 1. The molecule has 1 amide bonds. The van der Waals surface area contributed by atoms with Gasteiger partial charge in [-0.1, -0.05) is 0 Å². The summed E-state index contributed by atoms with van der Waals surface area (Å²) in [6.07, 6.45) is 0. The van der Waals surface area contributed by atoms with Crippen molar-refractivity contribution < 1.29 is 14.6 Å². The van der Waals surface area contributed by atoms with Gasteiger partial charge >= 0.3 is 0 Å². The molecule has 0 aliphatic carbocycles. The van der Waals surface area contributed by atoms with Gasteiger partial charge in [0.1, 0.15) is 5.75 Å². The molecule has 0 spiro atoms. The molecule has 0 unspecified atom stereocenters. The molecule has 0 bridgehead atoms. The molecule has 80 valence electrons. The van der Waals surface area contributed by atoms with Gasteiger partial charge in [-0.25, -0.2) is 0 Å². The highest BCUT2D eigenvalue weighted by Crippen LogP contribution is 2.19. The molecule has 2 N–H and O–H groups in total. The number of aromatic hydroxyl groups is 1. The summed E-state index contributed by atoms with van der Waals surface area (Å²) in [5.74, 6) is -0.243. The minimum Gasteiger partial charge on any atom is -0.507 e. The van der Waals surface area contributed by atoms with Crippen LogP contribution in [0.5, 0.6) is 5.75 Å². The van der Waals surface area contributed by atoms with Crippen molar-refractivity contribution in [3.8, 4) is 5.75 Å². The Morgan fingerprint density at radius 2 is 2.27 bits per heavy atom. The van der Waals surface area contributed by atoms with Crippen molar-refractivity contribution in [3.05, 3.63) is 27.3 Å². The Kier molecular flexibility index (Phi) is 3.11. The molecule has 4 nitrogen and oxygen atoms in total. The first-order valence-electron chi connectivity index (χ1n) is 4.54. The van der Waals surface area contributed by atoms with Crippen LogP contribution in [0, 0.1) is 3.57 Å². The zero-order valence-electron chi connectivity index (χ0n) is 7.87. The van der Waals surface area contributed by atoms with Gasteiger partial charge in [-0.15, -0.1) is 0 Å². The van der Waals surface area contributed by atoms with E-state index in [-0.39, 0.29) is 17.7 Å². The molecule has 2 rings (SSSR count). The zero-order chi connectivity index (χ0) is 10.8. The van der Waals surface area contributed by atoms with Crippen molar-refractivity contribution in [3.63, 3.8) is 0 Å². The van der Waals surface area contributed by atoms with Crippen molar-refractivity contribution >= 4 is 28.5 Å². The Morgan fingerprint density at radius 1 is 1.53 bits per heavy atom. The molecule has 5 heteroatoms. The number of hydrogen-bond donors (Lipinski definition) is 2. The maximum Gasteiger partial charge on any atom is 0.255 e. The average Bonchev–Trinajstić information content (AvgIpc) is 2.15. The summed E-state index contributed by atoms with van der Waals surface area (Å²) in [6.45, 7) is 1.10. The standard InChI is InChI=1S/C10H10INO3/c11-6-1-2-9(13)8(3-6)10(14)12-7-4-15-5-7/h1-3,7,13H,4-5H2,(H,12,14). The van der Waals surface area contributed by atoms with E-state index in [1.54, 1.807) is 12.1 Å². The van der Waals surface area contributed by atoms with E-state index in [1.165, 1.54) is 6.07 Å². The first-order valence-corrected chi connectivity index (χ1v) is 5.62. The maximum atomic E-state index is 11.7. The van der Waals surface area contributed by atoms with Gasteiger partial charge < -0.3 is 15.2 Å². The third kappa shape index (κ3) is 2.40. The van der Waals surface area contributed by atoms with E-state index < -0.39 is 0 Å². The fourth-order valence-electron chi connectivity index (χ4n) is 1.27. The Bertz CT molecular complexity index is 390. The Balaban J connectivity index is 2.12. The number of phenolic OH excluding ortho intramolecular Hbond substituents is 1. The molecular formula is C10H10INO3. The summed E-state index contributed by atoms with van der Waals surface area (Å²) in [4.78, 5) is 11.7. The SMILES string of the molecule is O=C(NC1COC1)c1cc(I)ccc1O. The summed E-state index contributed by atoms with van der Waals surface area (Å²) in [7, 11) is 0. The molecular weight excluding hydrogens is 309 g/mol. The van der Waals surface area contributed by atoms with E-state index in [0.717, 1.165) is 3.57 Å². The highest BCUT2D eigenvalue weighted by Gasteiger charge is 2.22. The predicted molar refractivity (Wildman–Crippen MR) is 62.9 cm³/mol. The van der Waals surface area contributed by atoms with Gasteiger partial charge in [0.25, 0.3) is 5.91 Å². The molecule has 0 atom stereocenters. The van der Waals surface area contributed by atoms with E-state index in [1.807, 2.05) is 0 Å². The highest BCUT2D eigenvalue weighted by molar-refractivity contribution is 14.1. The van der Waals surface area contributed by atoms with Gasteiger partial charge in [0.15, 0.2) is 0 Å². The molecule has 15 heavy (non-hydrogen) atoms. The first kappa shape index (κ1) is 10.7. The number of amides is 1. The number of hydrogen-bond acceptors (Lipinski definition) is 3. The van der Waals surface area contributed by atoms with Crippen LogP contribution >= 0.6 is 22.6 Å². The quantitative estimate of drug-likeness (QED) is 0.804. The van der Waals surface area contributed by atoms with Crippen LogP contribution in [0.4, 0.5) is 0 Å². The van der Waals surface area contributed by atoms with Crippen molar-refractivity contribution in [2.45, 2.75) is 6.04 Å². The lowest BCUT2D eigenvalue weighted by Crippen LogP contribution is -2.48. The number of ether oxygens (including phenoxy) is 1. The Morgan fingerprint density at radius 3 is 2.87 bits per heavy atom. The van der Waals surface area contributed by atoms with Gasteiger partial charge in [0.2, 0.25) is 0 Å². The maximum absolute atomic E-state index is 11.7. The summed E-state index contributed by atoms with van der Waals surface area (Å²) in [5.41, 5.74) is 0.314. The molecule has 1 heterocycles. The average molecular weight is 319 g/mol. The van der Waals surface area contributed by atoms with Crippen LogP contribution in [0.25, 0.3) is 0 Å². The van der Waals surface area contributed by atoms with E-state index in [9.17, 15) is 9.90 Å². The van der Waals surface area contributed by atoms with Crippen molar-refractivity contribution in [2.24, 2.45) is 0 Å². The number of phenols is 1. The van der Waals surface area contributed by atoms with E-state index in [4.69, 9.17) is 4.74 Å². The number of nitrogens with one attached hydrogen (secondary N) is 1. The lowest BCUT2D eigenvalue weighted by atomic mass is 10.1. The van der Waals surface area contributed by atoms with E-state index >= 15 is 0 Å².